The lowest BCUT2D eigenvalue weighted by Gasteiger charge is -2.24. The van der Waals surface area contributed by atoms with Crippen molar-refractivity contribution in [3.63, 3.8) is 0 Å². The van der Waals surface area contributed by atoms with Crippen molar-refractivity contribution in [2.45, 2.75) is 13.3 Å². The molecule has 20 heavy (non-hydrogen) atoms. The van der Waals surface area contributed by atoms with Crippen LogP contribution in [0.25, 0.3) is 0 Å². The third kappa shape index (κ3) is 4.58. The molecule has 0 aromatic heterocycles. The Morgan fingerprint density at radius 2 is 2.05 bits per heavy atom. The highest BCUT2D eigenvalue weighted by atomic mass is 35.5. The van der Waals surface area contributed by atoms with Gasteiger partial charge in [0.2, 0.25) is 0 Å². The minimum absolute atomic E-state index is 0.0521. The van der Waals surface area contributed by atoms with Gasteiger partial charge in [0.25, 0.3) is 0 Å². The first-order chi connectivity index (χ1) is 9.49. The lowest BCUT2D eigenvalue weighted by molar-refractivity contribution is 0.188. The first kappa shape index (κ1) is 16.6. The number of aliphatic hydroxyl groups is 1. The van der Waals surface area contributed by atoms with Gasteiger partial charge in [-0.25, -0.2) is 4.79 Å². The largest absolute Gasteiger partial charge is 0.395 e. The highest BCUT2D eigenvalue weighted by Crippen LogP contribution is 2.28. The van der Waals surface area contributed by atoms with Gasteiger partial charge in [-0.1, -0.05) is 18.5 Å². The van der Waals surface area contributed by atoms with Crippen LogP contribution in [0.15, 0.2) is 18.2 Å². The zero-order valence-electron chi connectivity index (χ0n) is 12.2. The van der Waals surface area contributed by atoms with Gasteiger partial charge in [-0.3, -0.25) is 0 Å². The molecule has 1 aromatic carbocycles. The topological polar surface area (TPSA) is 55.8 Å². The van der Waals surface area contributed by atoms with Crippen molar-refractivity contribution >= 4 is 29.0 Å². The molecule has 112 valence electrons. The van der Waals surface area contributed by atoms with Crippen LogP contribution in [0.5, 0.6) is 0 Å². The zero-order valence-corrected chi connectivity index (χ0v) is 12.9. The minimum atomic E-state index is -0.230. The van der Waals surface area contributed by atoms with Gasteiger partial charge in [0.05, 0.1) is 18.0 Å². The molecule has 2 amide bonds. The maximum Gasteiger partial charge on any atom is 0.321 e. The molecular formula is C14H22ClN3O2. The van der Waals surface area contributed by atoms with Crippen molar-refractivity contribution in [2.24, 2.45) is 0 Å². The highest BCUT2D eigenvalue weighted by molar-refractivity contribution is 6.31. The van der Waals surface area contributed by atoms with Crippen molar-refractivity contribution in [3.8, 4) is 0 Å². The fourth-order valence-corrected chi connectivity index (χ4v) is 2.07. The Balaban J connectivity index is 2.90. The van der Waals surface area contributed by atoms with E-state index in [9.17, 15) is 4.79 Å². The summed E-state index contributed by atoms with van der Waals surface area (Å²) in [5, 5.41) is 12.4. The standard InChI is InChI=1S/C14H22ClN3O2/c1-4-7-18(8-9-19)14(20)16-12-10-11(15)5-6-13(12)17(2)3/h5-6,10,19H,4,7-9H2,1-3H3,(H,16,20). The van der Waals surface area contributed by atoms with Crippen molar-refractivity contribution in [2.75, 3.05) is 44.0 Å². The number of nitrogens with one attached hydrogen (secondary N) is 1. The molecule has 0 saturated heterocycles. The molecule has 0 bridgehead atoms. The summed E-state index contributed by atoms with van der Waals surface area (Å²) in [5.41, 5.74) is 1.54. The molecule has 0 aliphatic rings. The van der Waals surface area contributed by atoms with E-state index in [0.717, 1.165) is 12.1 Å². The Labute approximate surface area is 125 Å². The Hall–Kier alpha value is -1.46. The summed E-state index contributed by atoms with van der Waals surface area (Å²) in [6.07, 6.45) is 0.837. The van der Waals surface area contributed by atoms with Crippen LogP contribution in [0, 0.1) is 0 Å². The molecule has 0 unspecified atom stereocenters. The van der Waals surface area contributed by atoms with E-state index in [1.807, 2.05) is 32.0 Å². The molecule has 2 N–H and O–H groups in total. The third-order valence-corrected chi connectivity index (χ3v) is 3.07. The molecule has 0 saturated carbocycles. The number of urea groups is 1. The van der Waals surface area contributed by atoms with E-state index in [4.69, 9.17) is 16.7 Å². The smallest absolute Gasteiger partial charge is 0.321 e. The molecule has 0 fully saturated rings. The second kappa shape index (κ2) is 7.97. The van der Waals surface area contributed by atoms with Crippen molar-refractivity contribution < 1.29 is 9.90 Å². The first-order valence-electron chi connectivity index (χ1n) is 6.63. The fourth-order valence-electron chi connectivity index (χ4n) is 1.90. The number of nitrogens with zero attached hydrogens (tertiary/aromatic N) is 2. The lowest BCUT2D eigenvalue weighted by Crippen LogP contribution is -2.37. The first-order valence-corrected chi connectivity index (χ1v) is 7.01. The molecule has 0 radical (unpaired) electrons. The number of carbonyl (C=O) groups excluding carboxylic acids is 1. The number of hydrogen-bond donors (Lipinski definition) is 2. The second-order valence-corrected chi connectivity index (χ2v) is 5.13. The molecule has 0 spiro atoms. The van der Waals surface area contributed by atoms with Gasteiger partial charge in [-0.15, -0.1) is 0 Å². The Morgan fingerprint density at radius 3 is 2.60 bits per heavy atom. The molecule has 1 aromatic rings. The van der Waals surface area contributed by atoms with Gasteiger partial charge in [0.15, 0.2) is 0 Å². The summed E-state index contributed by atoms with van der Waals surface area (Å²) in [7, 11) is 3.80. The molecule has 0 atom stereocenters. The summed E-state index contributed by atoms with van der Waals surface area (Å²) in [5.74, 6) is 0. The maximum absolute atomic E-state index is 12.2. The third-order valence-electron chi connectivity index (χ3n) is 2.83. The molecular weight excluding hydrogens is 278 g/mol. The van der Waals surface area contributed by atoms with E-state index in [-0.39, 0.29) is 12.6 Å². The summed E-state index contributed by atoms with van der Waals surface area (Å²) < 4.78 is 0. The number of amides is 2. The average Bonchev–Trinajstić information content (AvgIpc) is 2.38. The predicted octanol–water partition coefficient (Wildman–Crippen LogP) is 2.64. The number of aliphatic hydroxyl groups excluding tert-OH is 1. The Morgan fingerprint density at radius 1 is 1.35 bits per heavy atom. The normalized spacial score (nSPS) is 10.2. The van der Waals surface area contributed by atoms with Crippen LogP contribution in [-0.4, -0.2) is 49.8 Å². The number of benzene rings is 1. The van der Waals surface area contributed by atoms with E-state index < -0.39 is 0 Å². The van der Waals surface area contributed by atoms with E-state index in [1.54, 1.807) is 17.0 Å². The quantitative estimate of drug-likeness (QED) is 0.849. The van der Waals surface area contributed by atoms with Crippen LogP contribution in [0.4, 0.5) is 16.2 Å². The number of anilines is 2. The number of hydrogen-bond acceptors (Lipinski definition) is 3. The van der Waals surface area contributed by atoms with Gasteiger partial charge < -0.3 is 20.2 Å². The monoisotopic (exact) mass is 299 g/mol. The van der Waals surface area contributed by atoms with Crippen LogP contribution >= 0.6 is 11.6 Å². The van der Waals surface area contributed by atoms with Crippen LogP contribution in [0.2, 0.25) is 5.02 Å². The predicted molar refractivity (Wildman–Crippen MR) is 83.7 cm³/mol. The van der Waals surface area contributed by atoms with Gasteiger partial charge in [0.1, 0.15) is 0 Å². The molecule has 0 heterocycles. The zero-order chi connectivity index (χ0) is 15.1. The van der Waals surface area contributed by atoms with Crippen molar-refractivity contribution in [1.29, 1.82) is 0 Å². The maximum atomic E-state index is 12.2. The second-order valence-electron chi connectivity index (χ2n) is 4.70. The molecule has 1 rings (SSSR count). The van der Waals surface area contributed by atoms with E-state index in [0.29, 0.717) is 23.8 Å². The minimum Gasteiger partial charge on any atom is -0.395 e. The molecule has 6 heteroatoms. The van der Waals surface area contributed by atoms with Gasteiger partial charge >= 0.3 is 6.03 Å². The van der Waals surface area contributed by atoms with E-state index in [2.05, 4.69) is 5.32 Å². The van der Waals surface area contributed by atoms with Gasteiger partial charge in [0, 0.05) is 32.2 Å². The Kier molecular flexibility index (Phi) is 6.61. The van der Waals surface area contributed by atoms with E-state index >= 15 is 0 Å². The SMILES string of the molecule is CCCN(CCO)C(=O)Nc1cc(Cl)ccc1N(C)C. The lowest BCUT2D eigenvalue weighted by atomic mass is 10.2. The fraction of sp³-hybridized carbons (Fsp3) is 0.500. The van der Waals surface area contributed by atoms with Crippen LogP contribution in [0.1, 0.15) is 13.3 Å². The number of rotatable bonds is 6. The molecule has 0 aliphatic heterocycles. The van der Waals surface area contributed by atoms with Crippen LogP contribution in [0.3, 0.4) is 0 Å². The van der Waals surface area contributed by atoms with Crippen molar-refractivity contribution in [3.05, 3.63) is 23.2 Å². The summed E-state index contributed by atoms with van der Waals surface area (Å²) in [6.45, 7) is 2.85. The number of halogens is 1. The van der Waals surface area contributed by atoms with Gasteiger partial charge in [-0.2, -0.15) is 0 Å². The van der Waals surface area contributed by atoms with Crippen LogP contribution in [-0.2, 0) is 0 Å². The molecule has 0 aliphatic carbocycles. The summed E-state index contributed by atoms with van der Waals surface area (Å²) >= 11 is 5.98. The summed E-state index contributed by atoms with van der Waals surface area (Å²) in [6, 6.07) is 5.13. The van der Waals surface area contributed by atoms with Crippen molar-refractivity contribution in [1.82, 2.24) is 4.90 Å². The van der Waals surface area contributed by atoms with Crippen LogP contribution < -0.4 is 10.2 Å². The molecule has 5 nitrogen and oxygen atoms in total. The Bertz CT molecular complexity index is 446. The van der Waals surface area contributed by atoms with Gasteiger partial charge in [-0.05, 0) is 24.6 Å². The van der Waals surface area contributed by atoms with E-state index in [1.165, 1.54) is 0 Å². The summed E-state index contributed by atoms with van der Waals surface area (Å²) in [4.78, 5) is 15.7. The number of carbonyl (C=O) groups is 1. The average molecular weight is 300 g/mol. The highest BCUT2D eigenvalue weighted by Gasteiger charge is 2.14.